The molecule has 2 aromatic carbocycles. The van der Waals surface area contributed by atoms with Crippen molar-refractivity contribution in [2.24, 2.45) is 0 Å². The van der Waals surface area contributed by atoms with E-state index in [2.05, 4.69) is 0 Å². The van der Waals surface area contributed by atoms with Gasteiger partial charge in [0.25, 0.3) is 5.91 Å². The lowest BCUT2D eigenvalue weighted by atomic mass is 9.96. The number of carbonyl (C=O) groups is 1. The fourth-order valence-corrected chi connectivity index (χ4v) is 2.75. The molecule has 2 aromatic rings. The number of amides is 1. The fraction of sp³-hybridized carbons (Fsp3) is 0.312. The fourth-order valence-electron chi connectivity index (χ4n) is 2.75. The van der Waals surface area contributed by atoms with Crippen molar-refractivity contribution < 1.29 is 9.53 Å². The van der Waals surface area contributed by atoms with Gasteiger partial charge in [-0.25, -0.2) is 0 Å². The second kappa shape index (κ2) is 4.80. The van der Waals surface area contributed by atoms with E-state index in [-0.39, 0.29) is 12.0 Å². The summed E-state index contributed by atoms with van der Waals surface area (Å²) in [6.07, 6.45) is 0.00275. The molecule has 0 aliphatic carbocycles. The van der Waals surface area contributed by atoms with E-state index >= 15 is 0 Å². The molecule has 104 valence electrons. The predicted molar refractivity (Wildman–Crippen MR) is 79.6 cm³/mol. The number of nitrogen functional groups attached to an aromatic ring is 1. The maximum Gasteiger partial charge on any atom is 0.254 e. The smallest absolute Gasteiger partial charge is 0.254 e. The van der Waals surface area contributed by atoms with Crippen LogP contribution in [0.2, 0.25) is 0 Å². The summed E-state index contributed by atoms with van der Waals surface area (Å²) < 4.78 is 5.78. The molecule has 1 atom stereocenters. The highest BCUT2D eigenvalue weighted by Gasteiger charge is 2.25. The predicted octanol–water partition coefficient (Wildman–Crippen LogP) is 2.41. The zero-order chi connectivity index (χ0) is 14.3. The molecule has 0 fully saturated rings. The molecule has 1 aliphatic heterocycles. The summed E-state index contributed by atoms with van der Waals surface area (Å²) in [5.74, 6) is 0.0126. The van der Waals surface area contributed by atoms with Crippen LogP contribution in [-0.2, 0) is 11.3 Å². The van der Waals surface area contributed by atoms with E-state index < -0.39 is 0 Å². The minimum absolute atomic E-state index is 0.00275. The number of hydrogen-bond donors (Lipinski definition) is 1. The zero-order valence-corrected chi connectivity index (χ0v) is 11.7. The van der Waals surface area contributed by atoms with E-state index in [4.69, 9.17) is 10.5 Å². The molecule has 0 bridgehead atoms. The molecule has 1 heterocycles. The molecule has 2 N–H and O–H groups in total. The van der Waals surface area contributed by atoms with Gasteiger partial charge in [-0.15, -0.1) is 0 Å². The SMILES string of the molecule is C[C@H]1CN(C)C(=O)c2c(c(N)cc3ccccc23)CO1. The second-order valence-corrected chi connectivity index (χ2v) is 5.35. The molecule has 20 heavy (non-hydrogen) atoms. The normalized spacial score (nSPS) is 19.6. The van der Waals surface area contributed by atoms with Crippen LogP contribution in [0.15, 0.2) is 30.3 Å². The largest absolute Gasteiger partial charge is 0.398 e. The number of anilines is 1. The highest BCUT2D eigenvalue weighted by molar-refractivity contribution is 6.10. The number of hydrogen-bond acceptors (Lipinski definition) is 3. The molecule has 3 rings (SSSR count). The lowest BCUT2D eigenvalue weighted by Crippen LogP contribution is -2.37. The van der Waals surface area contributed by atoms with E-state index in [1.165, 1.54) is 0 Å². The van der Waals surface area contributed by atoms with Crippen molar-refractivity contribution in [3.63, 3.8) is 0 Å². The number of carbonyl (C=O) groups excluding carboxylic acids is 1. The Kier molecular flexibility index (Phi) is 3.10. The average Bonchev–Trinajstić information content (AvgIpc) is 2.42. The first-order valence-corrected chi connectivity index (χ1v) is 6.75. The van der Waals surface area contributed by atoms with Crippen LogP contribution < -0.4 is 5.73 Å². The molecule has 4 heteroatoms. The summed E-state index contributed by atoms with van der Waals surface area (Å²) in [7, 11) is 1.80. The van der Waals surface area contributed by atoms with Crippen LogP contribution in [0.3, 0.4) is 0 Å². The van der Waals surface area contributed by atoms with Gasteiger partial charge in [0.05, 0.1) is 18.3 Å². The maximum atomic E-state index is 12.7. The Morgan fingerprint density at radius 2 is 2.10 bits per heavy atom. The third-order valence-electron chi connectivity index (χ3n) is 3.80. The molecular weight excluding hydrogens is 252 g/mol. The number of rotatable bonds is 0. The minimum atomic E-state index is 0.00275. The van der Waals surface area contributed by atoms with Crippen molar-refractivity contribution in [1.29, 1.82) is 0 Å². The number of nitrogens with zero attached hydrogens (tertiary/aromatic N) is 1. The molecule has 1 aliphatic rings. The first kappa shape index (κ1) is 12.9. The Labute approximate surface area is 118 Å². The van der Waals surface area contributed by atoms with Crippen LogP contribution in [0.25, 0.3) is 10.8 Å². The molecule has 0 spiro atoms. The summed E-state index contributed by atoms with van der Waals surface area (Å²) in [5, 5.41) is 1.92. The number of likely N-dealkylation sites (N-methyl/N-ethyl adjacent to an activating group) is 1. The van der Waals surface area contributed by atoms with Crippen LogP contribution in [0.1, 0.15) is 22.8 Å². The van der Waals surface area contributed by atoms with Gasteiger partial charge >= 0.3 is 0 Å². The summed E-state index contributed by atoms with van der Waals surface area (Å²) in [4.78, 5) is 14.4. The highest BCUT2D eigenvalue weighted by atomic mass is 16.5. The first-order chi connectivity index (χ1) is 9.58. The minimum Gasteiger partial charge on any atom is -0.398 e. The summed E-state index contributed by atoms with van der Waals surface area (Å²) >= 11 is 0. The average molecular weight is 270 g/mol. The van der Waals surface area contributed by atoms with Crippen molar-refractivity contribution in [3.05, 3.63) is 41.5 Å². The molecule has 0 radical (unpaired) electrons. The third-order valence-corrected chi connectivity index (χ3v) is 3.80. The van der Waals surface area contributed by atoms with E-state index in [9.17, 15) is 4.79 Å². The van der Waals surface area contributed by atoms with Crippen LogP contribution >= 0.6 is 0 Å². The van der Waals surface area contributed by atoms with Crippen LogP contribution in [0.4, 0.5) is 5.69 Å². The lowest BCUT2D eigenvalue weighted by Gasteiger charge is -2.28. The molecular formula is C16H18N2O2. The molecule has 0 unspecified atom stereocenters. The number of fused-ring (bicyclic) bond motifs is 3. The topological polar surface area (TPSA) is 55.6 Å². The lowest BCUT2D eigenvalue weighted by molar-refractivity contribution is 0.0238. The Bertz CT molecular complexity index is 681. The van der Waals surface area contributed by atoms with Crippen molar-refractivity contribution in [1.82, 2.24) is 4.90 Å². The monoisotopic (exact) mass is 270 g/mol. The van der Waals surface area contributed by atoms with Gasteiger partial charge in [-0.1, -0.05) is 24.3 Å². The van der Waals surface area contributed by atoms with Gasteiger partial charge in [0.15, 0.2) is 0 Å². The highest BCUT2D eigenvalue weighted by Crippen LogP contribution is 2.30. The maximum absolute atomic E-state index is 12.7. The standard InChI is InChI=1S/C16H18N2O2/c1-10-8-18(2)16(19)15-12-6-4-3-5-11(12)7-14(17)13(15)9-20-10/h3-7,10H,8-9,17H2,1-2H3/t10-/m0/s1. The molecule has 4 nitrogen and oxygen atoms in total. The Morgan fingerprint density at radius 1 is 1.35 bits per heavy atom. The number of nitrogens with two attached hydrogens (primary N) is 1. The van der Waals surface area contributed by atoms with Gasteiger partial charge in [-0.05, 0) is 23.8 Å². The Hall–Kier alpha value is -2.07. The van der Waals surface area contributed by atoms with Crippen molar-refractivity contribution in [3.8, 4) is 0 Å². The van der Waals surface area contributed by atoms with E-state index in [0.29, 0.717) is 24.4 Å². The number of benzene rings is 2. The number of ether oxygens (including phenoxy) is 1. The third kappa shape index (κ3) is 2.02. The molecule has 1 amide bonds. The van der Waals surface area contributed by atoms with Crippen molar-refractivity contribution in [2.75, 3.05) is 19.3 Å². The van der Waals surface area contributed by atoms with Gasteiger partial charge in [-0.3, -0.25) is 4.79 Å². The van der Waals surface area contributed by atoms with E-state index in [1.807, 2.05) is 37.3 Å². The van der Waals surface area contributed by atoms with Crippen LogP contribution in [-0.4, -0.2) is 30.5 Å². The van der Waals surface area contributed by atoms with Gasteiger partial charge in [0.1, 0.15) is 0 Å². The van der Waals surface area contributed by atoms with Gasteiger partial charge in [0, 0.05) is 24.8 Å². The second-order valence-electron chi connectivity index (χ2n) is 5.35. The van der Waals surface area contributed by atoms with Gasteiger partial charge in [0.2, 0.25) is 0 Å². The Morgan fingerprint density at radius 3 is 2.90 bits per heavy atom. The van der Waals surface area contributed by atoms with E-state index in [0.717, 1.165) is 16.3 Å². The van der Waals surface area contributed by atoms with Crippen molar-refractivity contribution in [2.45, 2.75) is 19.6 Å². The summed E-state index contributed by atoms with van der Waals surface area (Å²) in [6, 6.07) is 9.74. The van der Waals surface area contributed by atoms with Gasteiger partial charge < -0.3 is 15.4 Å². The summed E-state index contributed by atoms with van der Waals surface area (Å²) in [6.45, 7) is 2.93. The summed E-state index contributed by atoms with van der Waals surface area (Å²) in [5.41, 5.74) is 8.22. The Balaban J connectivity index is 2.30. The first-order valence-electron chi connectivity index (χ1n) is 6.75. The van der Waals surface area contributed by atoms with E-state index in [1.54, 1.807) is 11.9 Å². The van der Waals surface area contributed by atoms with Crippen LogP contribution in [0, 0.1) is 0 Å². The van der Waals surface area contributed by atoms with Gasteiger partial charge in [-0.2, -0.15) is 0 Å². The molecule has 0 aromatic heterocycles. The molecule has 0 saturated carbocycles. The molecule has 0 saturated heterocycles. The van der Waals surface area contributed by atoms with Crippen molar-refractivity contribution >= 4 is 22.4 Å². The zero-order valence-electron chi connectivity index (χ0n) is 11.7. The van der Waals surface area contributed by atoms with Crippen LogP contribution in [0.5, 0.6) is 0 Å². The quantitative estimate of drug-likeness (QED) is 0.748.